The Hall–Kier alpha value is -1.56. The predicted molar refractivity (Wildman–Crippen MR) is 121 cm³/mol. The van der Waals surface area contributed by atoms with E-state index >= 15 is 0 Å². The van der Waals surface area contributed by atoms with Crippen molar-refractivity contribution in [2.24, 2.45) is 40.4 Å². The summed E-state index contributed by atoms with van der Waals surface area (Å²) in [6.07, 6.45) is 11.6. The molecule has 0 bridgehead atoms. The predicted octanol–water partition coefficient (Wildman–Crippen LogP) is 4.46. The van der Waals surface area contributed by atoms with E-state index in [1.165, 1.54) is 26.2 Å². The highest BCUT2D eigenvalue weighted by Crippen LogP contribution is 2.68. The number of fused-ring (bicyclic) bond motifs is 5. The van der Waals surface area contributed by atoms with Crippen molar-refractivity contribution in [2.75, 3.05) is 0 Å². The zero-order valence-electron chi connectivity index (χ0n) is 20.1. The molecule has 0 saturated heterocycles. The molecule has 1 aromatic heterocycles. The SMILES string of the molecule is CC(=O)c1cn(CC(=O)[C@H]2CC[C@H]3[C@@H]4CC[C@H]5C[C@](C)(O)CC[C@]5(C)[C@H]4CC[C@]23C)nn1. The molecule has 0 amide bonds. The fourth-order valence-electron chi connectivity index (χ4n) is 8.77. The fourth-order valence-corrected chi connectivity index (χ4v) is 8.77. The molecule has 4 fully saturated rings. The van der Waals surface area contributed by atoms with Gasteiger partial charge in [-0.15, -0.1) is 5.10 Å². The zero-order chi connectivity index (χ0) is 22.9. The number of Topliss-reactive ketones (excluding diaryl/α,β-unsaturated/α-hetero) is 2. The minimum absolute atomic E-state index is 0.0750. The van der Waals surface area contributed by atoms with Crippen LogP contribution < -0.4 is 0 Å². The van der Waals surface area contributed by atoms with Crippen molar-refractivity contribution >= 4 is 11.6 Å². The van der Waals surface area contributed by atoms with Crippen LogP contribution in [0, 0.1) is 40.4 Å². The second kappa shape index (κ2) is 7.48. The number of carbonyl (C=O) groups is 2. The van der Waals surface area contributed by atoms with Crippen molar-refractivity contribution < 1.29 is 14.7 Å². The molecule has 1 heterocycles. The van der Waals surface area contributed by atoms with E-state index in [1.807, 2.05) is 6.92 Å². The monoisotopic (exact) mass is 441 g/mol. The van der Waals surface area contributed by atoms with Crippen LogP contribution >= 0.6 is 0 Å². The Balaban J connectivity index is 1.32. The smallest absolute Gasteiger partial charge is 0.181 e. The summed E-state index contributed by atoms with van der Waals surface area (Å²) in [5, 5.41) is 18.6. The standard InChI is InChI=1S/C26H39N3O3/c1-16(30)22-14-29(28-27-22)15-23(31)21-8-7-19-18-6-5-17-13-24(2,32)11-12-25(17,3)20(18)9-10-26(19,21)4/h14,17-21,32H,5-13,15H2,1-4H3/t17-,18-,19-,20-,21+,24+,25-,26-/m0/s1. The van der Waals surface area contributed by atoms with Crippen molar-refractivity contribution in [1.29, 1.82) is 0 Å². The van der Waals surface area contributed by atoms with Gasteiger partial charge in [0.15, 0.2) is 11.6 Å². The minimum atomic E-state index is -0.491. The van der Waals surface area contributed by atoms with E-state index in [0.717, 1.165) is 44.4 Å². The van der Waals surface area contributed by atoms with Crippen LogP contribution in [0.15, 0.2) is 6.20 Å². The second-order valence-corrected chi connectivity index (χ2v) is 12.4. The van der Waals surface area contributed by atoms with E-state index in [9.17, 15) is 14.7 Å². The number of aliphatic hydroxyl groups is 1. The zero-order valence-corrected chi connectivity index (χ0v) is 20.1. The highest BCUT2D eigenvalue weighted by Gasteiger charge is 2.61. The van der Waals surface area contributed by atoms with Gasteiger partial charge >= 0.3 is 0 Å². The lowest BCUT2D eigenvalue weighted by molar-refractivity contribution is -0.151. The molecule has 0 aromatic carbocycles. The van der Waals surface area contributed by atoms with E-state index in [0.29, 0.717) is 28.9 Å². The van der Waals surface area contributed by atoms with Gasteiger partial charge in [0.25, 0.3) is 0 Å². The summed E-state index contributed by atoms with van der Waals surface area (Å²) < 4.78 is 1.54. The highest BCUT2D eigenvalue weighted by molar-refractivity contribution is 5.91. The largest absolute Gasteiger partial charge is 0.390 e. The first kappa shape index (κ1) is 22.2. The maximum Gasteiger partial charge on any atom is 0.181 e. The fraction of sp³-hybridized carbons (Fsp3) is 0.846. The lowest BCUT2D eigenvalue weighted by atomic mass is 9.44. The van der Waals surface area contributed by atoms with Crippen LogP contribution in [0.3, 0.4) is 0 Å². The molecular weight excluding hydrogens is 402 g/mol. The molecule has 0 radical (unpaired) electrons. The van der Waals surface area contributed by atoms with Gasteiger partial charge in [0.1, 0.15) is 12.2 Å². The normalized spacial score (nSPS) is 45.6. The number of aromatic nitrogens is 3. The summed E-state index contributed by atoms with van der Waals surface area (Å²) in [5.41, 5.74) is 0.254. The van der Waals surface area contributed by atoms with E-state index in [4.69, 9.17) is 0 Å². The minimum Gasteiger partial charge on any atom is -0.390 e. The Morgan fingerprint density at radius 1 is 1.03 bits per heavy atom. The van der Waals surface area contributed by atoms with E-state index in [-0.39, 0.29) is 29.4 Å². The Morgan fingerprint density at radius 3 is 2.50 bits per heavy atom. The molecule has 8 atom stereocenters. The van der Waals surface area contributed by atoms with Crippen molar-refractivity contribution in [3.05, 3.63) is 11.9 Å². The summed E-state index contributed by atoms with van der Waals surface area (Å²) >= 11 is 0. The average molecular weight is 442 g/mol. The second-order valence-electron chi connectivity index (χ2n) is 12.4. The molecule has 0 spiro atoms. The Morgan fingerprint density at radius 2 is 1.78 bits per heavy atom. The van der Waals surface area contributed by atoms with Gasteiger partial charge in [0, 0.05) is 12.8 Å². The number of hydrogen-bond acceptors (Lipinski definition) is 5. The summed E-state index contributed by atoms with van der Waals surface area (Å²) in [4.78, 5) is 24.9. The quantitative estimate of drug-likeness (QED) is 0.697. The maximum atomic E-state index is 13.4. The van der Waals surface area contributed by atoms with Crippen molar-refractivity contribution in [3.63, 3.8) is 0 Å². The van der Waals surface area contributed by atoms with Crippen molar-refractivity contribution in [3.8, 4) is 0 Å². The molecule has 1 N–H and O–H groups in total. The van der Waals surface area contributed by atoms with Crippen LogP contribution in [0.5, 0.6) is 0 Å². The molecule has 4 saturated carbocycles. The number of hydrogen-bond donors (Lipinski definition) is 1. The van der Waals surface area contributed by atoms with Crippen LogP contribution in [0.25, 0.3) is 0 Å². The lowest BCUT2D eigenvalue weighted by Gasteiger charge is -2.61. The first-order valence-electron chi connectivity index (χ1n) is 12.7. The van der Waals surface area contributed by atoms with E-state index in [2.05, 4.69) is 24.2 Å². The first-order valence-corrected chi connectivity index (χ1v) is 12.7. The molecule has 32 heavy (non-hydrogen) atoms. The number of nitrogens with zero attached hydrogens (tertiary/aromatic N) is 3. The van der Waals surface area contributed by atoms with Gasteiger partial charge in [-0.05, 0) is 99.2 Å². The van der Waals surface area contributed by atoms with Crippen molar-refractivity contribution in [1.82, 2.24) is 15.0 Å². The molecule has 4 aliphatic rings. The van der Waals surface area contributed by atoms with E-state index < -0.39 is 5.60 Å². The third kappa shape index (κ3) is 3.39. The Kier molecular flexibility index (Phi) is 5.20. The molecule has 6 heteroatoms. The van der Waals surface area contributed by atoms with Gasteiger partial charge in [-0.2, -0.15) is 0 Å². The molecule has 5 rings (SSSR count). The van der Waals surface area contributed by atoms with Crippen molar-refractivity contribution in [2.45, 2.75) is 97.6 Å². The Bertz CT molecular complexity index is 923. The number of ketones is 2. The molecular formula is C26H39N3O3. The average Bonchev–Trinajstić information content (AvgIpc) is 3.32. The van der Waals surface area contributed by atoms with Crippen LogP contribution in [-0.4, -0.2) is 37.3 Å². The van der Waals surface area contributed by atoms with Gasteiger partial charge in [-0.1, -0.05) is 19.1 Å². The highest BCUT2D eigenvalue weighted by atomic mass is 16.3. The molecule has 0 aliphatic heterocycles. The molecule has 4 aliphatic carbocycles. The summed E-state index contributed by atoms with van der Waals surface area (Å²) in [5.74, 6) is 2.92. The summed E-state index contributed by atoms with van der Waals surface area (Å²) in [6.45, 7) is 8.61. The van der Waals surface area contributed by atoms with Gasteiger partial charge < -0.3 is 5.11 Å². The van der Waals surface area contributed by atoms with Gasteiger partial charge in [0.05, 0.1) is 11.8 Å². The number of rotatable bonds is 4. The van der Waals surface area contributed by atoms with Gasteiger partial charge in [-0.25, -0.2) is 4.68 Å². The molecule has 6 nitrogen and oxygen atoms in total. The first-order chi connectivity index (χ1) is 15.0. The third-order valence-corrected chi connectivity index (χ3v) is 10.6. The molecule has 176 valence electrons. The summed E-state index contributed by atoms with van der Waals surface area (Å²) in [7, 11) is 0. The number of carbonyl (C=O) groups excluding carboxylic acids is 2. The van der Waals surface area contributed by atoms with Crippen LogP contribution in [0.4, 0.5) is 0 Å². The maximum absolute atomic E-state index is 13.4. The van der Waals surface area contributed by atoms with Crippen LogP contribution in [-0.2, 0) is 11.3 Å². The van der Waals surface area contributed by atoms with Crippen LogP contribution in [0.2, 0.25) is 0 Å². The van der Waals surface area contributed by atoms with E-state index in [1.54, 1.807) is 10.9 Å². The summed E-state index contributed by atoms with van der Waals surface area (Å²) in [6, 6.07) is 0. The topological polar surface area (TPSA) is 85.1 Å². The molecule has 1 aromatic rings. The van der Waals surface area contributed by atoms with Crippen LogP contribution in [0.1, 0.15) is 96.0 Å². The molecule has 0 unspecified atom stereocenters. The lowest BCUT2D eigenvalue weighted by Crippen LogP contribution is -2.55. The Labute approximate surface area is 191 Å². The van der Waals surface area contributed by atoms with Gasteiger partial charge in [0.2, 0.25) is 0 Å². The van der Waals surface area contributed by atoms with Gasteiger partial charge in [-0.3, -0.25) is 9.59 Å². The third-order valence-electron chi connectivity index (χ3n) is 10.6.